The van der Waals surface area contributed by atoms with Crippen LogP contribution >= 0.6 is 0 Å². The Morgan fingerprint density at radius 3 is 2.13 bits per heavy atom. The molecule has 1 atom stereocenters. The summed E-state index contributed by atoms with van der Waals surface area (Å²) < 4.78 is 63.5. The zero-order valence-corrected chi connectivity index (χ0v) is 25.7. The topological polar surface area (TPSA) is 106 Å². The first kappa shape index (κ1) is 39.3. The first-order valence-electron chi connectivity index (χ1n) is 14.0. The predicted octanol–water partition coefficient (Wildman–Crippen LogP) is 6.59. The third-order valence-electron chi connectivity index (χ3n) is 6.70. The Morgan fingerprint density at radius 1 is 0.913 bits per heavy atom. The number of hydrogen-bond acceptors (Lipinski definition) is 6. The highest BCUT2D eigenvalue weighted by atomic mass is 19.4. The average molecular weight is 648 g/mol. The molecule has 0 aliphatic rings. The highest BCUT2D eigenvalue weighted by Gasteiger charge is 2.33. The van der Waals surface area contributed by atoms with Gasteiger partial charge in [0.05, 0.1) is 38.5 Å². The van der Waals surface area contributed by atoms with Crippen LogP contribution in [0.5, 0.6) is 11.5 Å². The van der Waals surface area contributed by atoms with E-state index >= 15 is 0 Å². The monoisotopic (exact) mass is 647 g/mol. The van der Waals surface area contributed by atoms with Gasteiger partial charge in [0.1, 0.15) is 18.1 Å². The molecular formula is C34H41F4N3O5. The molecule has 12 heteroatoms. The van der Waals surface area contributed by atoms with Gasteiger partial charge in [-0.25, -0.2) is 4.79 Å². The highest BCUT2D eigenvalue weighted by Crippen LogP contribution is 2.32. The summed E-state index contributed by atoms with van der Waals surface area (Å²) in [6, 6.07) is 17.3. The SMILES string of the molecule is C.CC.CF.COc1cccc(-c2c(C)n(Cc3ccccc3C(F)(F)F)c(=O)n(CC(N)c3ccc(OCC=O)cc3)c2=O)c1. The molecule has 4 aromatic rings. The number of nitrogens with zero attached hydrogens (tertiary/aromatic N) is 2. The first-order chi connectivity index (χ1) is 21.5. The highest BCUT2D eigenvalue weighted by molar-refractivity contribution is 5.66. The number of nitrogens with two attached hydrogens (primary N) is 1. The van der Waals surface area contributed by atoms with Crippen molar-refractivity contribution in [3.05, 3.63) is 116 Å². The molecular weight excluding hydrogens is 606 g/mol. The van der Waals surface area contributed by atoms with E-state index in [2.05, 4.69) is 0 Å². The summed E-state index contributed by atoms with van der Waals surface area (Å²) in [4.78, 5) is 38.1. The normalized spacial score (nSPS) is 11.1. The van der Waals surface area contributed by atoms with Gasteiger partial charge in [0.25, 0.3) is 5.56 Å². The van der Waals surface area contributed by atoms with E-state index in [1.165, 1.54) is 32.2 Å². The molecule has 1 heterocycles. The number of aldehydes is 1. The number of methoxy groups -OCH3 is 1. The van der Waals surface area contributed by atoms with Crippen molar-refractivity contribution in [3.8, 4) is 22.6 Å². The maximum absolute atomic E-state index is 13.8. The van der Waals surface area contributed by atoms with Crippen molar-refractivity contribution in [1.29, 1.82) is 0 Å². The van der Waals surface area contributed by atoms with Gasteiger partial charge in [0.2, 0.25) is 0 Å². The van der Waals surface area contributed by atoms with E-state index in [4.69, 9.17) is 15.2 Å². The standard InChI is InChI=1S/C30H28F3N3O5.C2H6.CH3F.CH4/c1-19-27(21-7-5-8-24(16-21)40-2)28(38)36(18-26(34)20-10-12-23(13-11-20)41-15-14-37)29(39)35(19)17-22-6-3-4-9-25(22)30(31,32)33;2*1-2;/h3-14,16,26H,15,17-18,34H2,1-2H3;1-2H3;1H3;1H4. The maximum atomic E-state index is 13.8. The number of ether oxygens (including phenoxy) is 2. The van der Waals surface area contributed by atoms with Gasteiger partial charge < -0.3 is 15.2 Å². The lowest BCUT2D eigenvalue weighted by Crippen LogP contribution is -2.44. The number of carbonyl (C=O) groups excluding carboxylic acids is 1. The summed E-state index contributed by atoms with van der Waals surface area (Å²) in [5.41, 5.74) is 5.32. The van der Waals surface area contributed by atoms with E-state index in [9.17, 15) is 31.9 Å². The van der Waals surface area contributed by atoms with Crippen LogP contribution in [0.4, 0.5) is 17.6 Å². The molecule has 1 unspecified atom stereocenters. The minimum atomic E-state index is -4.64. The van der Waals surface area contributed by atoms with Crippen LogP contribution in [-0.4, -0.2) is 36.3 Å². The average Bonchev–Trinajstić information content (AvgIpc) is 3.06. The van der Waals surface area contributed by atoms with Gasteiger partial charge >= 0.3 is 11.9 Å². The van der Waals surface area contributed by atoms with E-state index in [0.717, 1.165) is 15.2 Å². The van der Waals surface area contributed by atoms with Gasteiger partial charge in [-0.05, 0) is 53.9 Å². The number of aromatic nitrogens is 2. The van der Waals surface area contributed by atoms with E-state index in [0.29, 0.717) is 36.1 Å². The molecule has 8 nitrogen and oxygen atoms in total. The van der Waals surface area contributed by atoms with E-state index < -0.39 is 35.6 Å². The third-order valence-corrected chi connectivity index (χ3v) is 6.70. The van der Waals surface area contributed by atoms with Crippen molar-refractivity contribution in [3.63, 3.8) is 0 Å². The van der Waals surface area contributed by atoms with Crippen LogP contribution in [0.25, 0.3) is 11.1 Å². The number of hydrogen-bond donors (Lipinski definition) is 1. The van der Waals surface area contributed by atoms with Gasteiger partial charge in [-0.3, -0.25) is 23.1 Å². The molecule has 46 heavy (non-hydrogen) atoms. The Kier molecular flexibility index (Phi) is 15.6. The molecule has 0 spiro atoms. The van der Waals surface area contributed by atoms with Crippen LogP contribution in [0.2, 0.25) is 0 Å². The molecule has 0 aliphatic carbocycles. The van der Waals surface area contributed by atoms with E-state index in [-0.39, 0.29) is 37.4 Å². The zero-order valence-electron chi connectivity index (χ0n) is 25.7. The van der Waals surface area contributed by atoms with Gasteiger partial charge in [-0.1, -0.05) is 63.7 Å². The molecule has 0 fully saturated rings. The van der Waals surface area contributed by atoms with E-state index in [1.54, 1.807) is 48.5 Å². The first-order valence-corrected chi connectivity index (χ1v) is 14.0. The van der Waals surface area contributed by atoms with Gasteiger partial charge in [-0.15, -0.1) is 0 Å². The van der Waals surface area contributed by atoms with E-state index in [1.807, 2.05) is 13.8 Å². The second kappa shape index (κ2) is 18.3. The number of benzene rings is 3. The molecule has 3 aromatic carbocycles. The smallest absolute Gasteiger partial charge is 0.416 e. The predicted molar refractivity (Wildman–Crippen MR) is 172 cm³/mol. The molecule has 4 rings (SSSR count). The minimum absolute atomic E-state index is 0. The second-order valence-electron chi connectivity index (χ2n) is 9.28. The summed E-state index contributed by atoms with van der Waals surface area (Å²) in [6.07, 6.45) is -4.02. The summed E-state index contributed by atoms with van der Waals surface area (Å²) in [5, 5.41) is 0. The second-order valence-corrected chi connectivity index (χ2v) is 9.28. The van der Waals surface area contributed by atoms with Crippen LogP contribution in [0.1, 0.15) is 49.7 Å². The van der Waals surface area contributed by atoms with Crippen LogP contribution in [0, 0.1) is 6.92 Å². The van der Waals surface area contributed by atoms with Crippen molar-refractivity contribution in [2.45, 2.75) is 53.5 Å². The molecule has 0 bridgehead atoms. The minimum Gasteiger partial charge on any atom is -0.497 e. The quantitative estimate of drug-likeness (QED) is 0.154. The molecule has 250 valence electrons. The summed E-state index contributed by atoms with van der Waals surface area (Å²) in [6.45, 7) is 4.74. The largest absolute Gasteiger partial charge is 0.497 e. The van der Waals surface area contributed by atoms with Crippen molar-refractivity contribution in [1.82, 2.24) is 9.13 Å². The third kappa shape index (κ3) is 9.40. The summed E-state index contributed by atoms with van der Waals surface area (Å²) in [5.74, 6) is 0.896. The molecule has 0 saturated carbocycles. The molecule has 0 radical (unpaired) electrons. The lowest BCUT2D eigenvalue weighted by molar-refractivity contribution is -0.138. The number of alkyl halides is 4. The van der Waals surface area contributed by atoms with Crippen LogP contribution < -0.4 is 26.5 Å². The van der Waals surface area contributed by atoms with Crippen molar-refractivity contribution in [2.75, 3.05) is 20.9 Å². The van der Waals surface area contributed by atoms with Gasteiger partial charge in [0, 0.05) is 11.7 Å². The van der Waals surface area contributed by atoms with Crippen molar-refractivity contribution < 1.29 is 31.8 Å². The lowest BCUT2D eigenvalue weighted by atomic mass is 10.0. The number of carbonyl (C=O) groups is 1. The molecule has 2 N–H and O–H groups in total. The maximum Gasteiger partial charge on any atom is 0.416 e. The number of rotatable bonds is 10. The number of halogens is 4. The lowest BCUT2D eigenvalue weighted by Gasteiger charge is -2.21. The van der Waals surface area contributed by atoms with Gasteiger partial charge in [0.15, 0.2) is 6.29 Å². The Labute approximate surface area is 266 Å². The Balaban J connectivity index is 0.00000203. The fourth-order valence-corrected chi connectivity index (χ4v) is 4.61. The summed E-state index contributed by atoms with van der Waals surface area (Å²) in [7, 11) is 1.97. The van der Waals surface area contributed by atoms with Crippen LogP contribution in [0.15, 0.2) is 82.4 Å². The van der Waals surface area contributed by atoms with Crippen LogP contribution in [-0.2, 0) is 24.1 Å². The Bertz CT molecular complexity index is 1670. The van der Waals surface area contributed by atoms with Crippen molar-refractivity contribution in [2.24, 2.45) is 5.73 Å². The molecule has 0 saturated heterocycles. The van der Waals surface area contributed by atoms with Crippen LogP contribution in [0.3, 0.4) is 0 Å². The molecule has 1 aromatic heterocycles. The fraction of sp³-hybridized carbons (Fsp3) is 0.324. The Hall–Kier alpha value is -4.71. The fourth-order valence-electron chi connectivity index (χ4n) is 4.61. The molecule has 0 aliphatic heterocycles. The zero-order chi connectivity index (χ0) is 33.7. The van der Waals surface area contributed by atoms with Crippen molar-refractivity contribution >= 4 is 6.29 Å². The summed E-state index contributed by atoms with van der Waals surface area (Å²) >= 11 is 0. The Morgan fingerprint density at radius 2 is 1.54 bits per heavy atom. The molecule has 0 amide bonds. The van der Waals surface area contributed by atoms with Gasteiger partial charge in [-0.2, -0.15) is 13.2 Å².